The molecule has 0 aliphatic carbocycles. The smallest absolute Gasteiger partial charge is 0.255 e. The first-order valence-corrected chi connectivity index (χ1v) is 10.7. The van der Waals surface area contributed by atoms with Crippen LogP contribution in [0.15, 0.2) is 47.5 Å². The minimum Gasteiger partial charge on any atom is -0.490 e. The summed E-state index contributed by atoms with van der Waals surface area (Å²) in [5.41, 5.74) is 8.35. The van der Waals surface area contributed by atoms with Gasteiger partial charge in [-0.15, -0.1) is 0 Å². The Labute approximate surface area is 185 Å². The fourth-order valence-electron chi connectivity index (χ4n) is 2.80. The van der Waals surface area contributed by atoms with E-state index in [0.29, 0.717) is 24.8 Å². The fourth-order valence-corrected chi connectivity index (χ4v) is 2.80. The summed E-state index contributed by atoms with van der Waals surface area (Å²) in [7, 11) is 0. The lowest BCUT2D eigenvalue weighted by molar-refractivity contribution is -0.119. The first kappa shape index (κ1) is 24.1. The number of nitrogens with zero attached hydrogens (tertiary/aromatic N) is 1. The molecule has 0 aliphatic heterocycles. The SMILES string of the molecule is CCNC(=NCc1cccc(OCC(N)=O)c1)NCc1ccc(C)cc1OC(C)CC. The lowest BCUT2D eigenvalue weighted by Crippen LogP contribution is -2.37. The topological polar surface area (TPSA) is 98.0 Å². The maximum Gasteiger partial charge on any atom is 0.255 e. The van der Waals surface area contributed by atoms with E-state index in [-0.39, 0.29) is 12.7 Å². The molecule has 0 saturated heterocycles. The summed E-state index contributed by atoms with van der Waals surface area (Å²) in [5.74, 6) is 1.70. The van der Waals surface area contributed by atoms with Crippen molar-refractivity contribution < 1.29 is 14.3 Å². The normalized spacial score (nSPS) is 12.2. The quantitative estimate of drug-likeness (QED) is 0.378. The molecule has 0 spiro atoms. The van der Waals surface area contributed by atoms with Crippen molar-refractivity contribution in [2.24, 2.45) is 10.7 Å². The summed E-state index contributed by atoms with van der Waals surface area (Å²) in [6, 6.07) is 13.7. The molecule has 1 amide bonds. The maximum atomic E-state index is 10.9. The number of ether oxygens (including phenoxy) is 2. The lowest BCUT2D eigenvalue weighted by Gasteiger charge is -2.18. The van der Waals surface area contributed by atoms with E-state index >= 15 is 0 Å². The highest BCUT2D eigenvalue weighted by atomic mass is 16.5. The summed E-state index contributed by atoms with van der Waals surface area (Å²) in [6.07, 6.45) is 1.11. The molecule has 0 radical (unpaired) electrons. The van der Waals surface area contributed by atoms with E-state index in [1.54, 1.807) is 6.07 Å². The highest BCUT2D eigenvalue weighted by Crippen LogP contribution is 2.22. The standard InChI is InChI=1S/C24H34N4O3/c1-5-18(4)31-22-12-17(3)10-11-20(22)15-28-24(26-6-2)27-14-19-8-7-9-21(13-19)30-16-23(25)29/h7-13,18H,5-6,14-16H2,1-4H3,(H2,25,29)(H2,26,27,28). The molecule has 168 valence electrons. The Hall–Kier alpha value is -3.22. The number of guanidine groups is 1. The largest absolute Gasteiger partial charge is 0.490 e. The minimum atomic E-state index is -0.505. The van der Waals surface area contributed by atoms with Gasteiger partial charge >= 0.3 is 0 Å². The van der Waals surface area contributed by atoms with E-state index in [1.165, 1.54) is 5.56 Å². The monoisotopic (exact) mass is 426 g/mol. The molecule has 0 heterocycles. The second kappa shape index (κ2) is 12.5. The average Bonchev–Trinajstić information content (AvgIpc) is 2.75. The number of rotatable bonds is 11. The van der Waals surface area contributed by atoms with E-state index in [9.17, 15) is 4.79 Å². The fraction of sp³-hybridized carbons (Fsp3) is 0.417. The number of carbonyl (C=O) groups is 1. The summed E-state index contributed by atoms with van der Waals surface area (Å²) < 4.78 is 11.5. The summed E-state index contributed by atoms with van der Waals surface area (Å²) in [6.45, 7) is 9.94. The van der Waals surface area contributed by atoms with Gasteiger partial charge in [0, 0.05) is 18.7 Å². The van der Waals surface area contributed by atoms with Gasteiger partial charge in [0.1, 0.15) is 11.5 Å². The molecule has 4 N–H and O–H groups in total. The average molecular weight is 427 g/mol. The molecule has 2 rings (SSSR count). The summed E-state index contributed by atoms with van der Waals surface area (Å²) in [4.78, 5) is 15.6. The molecule has 0 aromatic heterocycles. The molecule has 7 nitrogen and oxygen atoms in total. The van der Waals surface area contributed by atoms with Crippen molar-refractivity contribution >= 4 is 11.9 Å². The van der Waals surface area contributed by atoms with Gasteiger partial charge in [0.2, 0.25) is 0 Å². The third kappa shape index (κ3) is 8.58. The van der Waals surface area contributed by atoms with Gasteiger partial charge in [-0.05, 0) is 56.5 Å². The van der Waals surface area contributed by atoms with Crippen molar-refractivity contribution in [2.75, 3.05) is 13.2 Å². The Bertz CT molecular complexity index is 883. The van der Waals surface area contributed by atoms with Crippen LogP contribution in [0.5, 0.6) is 11.5 Å². The van der Waals surface area contributed by atoms with Crippen LogP contribution in [0.2, 0.25) is 0 Å². The first-order valence-electron chi connectivity index (χ1n) is 10.7. The molecule has 2 aromatic rings. The third-order valence-electron chi connectivity index (χ3n) is 4.62. The number of nitrogens with two attached hydrogens (primary N) is 1. The zero-order valence-electron chi connectivity index (χ0n) is 18.9. The Balaban J connectivity index is 2.06. The van der Waals surface area contributed by atoms with Crippen LogP contribution >= 0.6 is 0 Å². The van der Waals surface area contributed by atoms with Crippen LogP contribution in [0.3, 0.4) is 0 Å². The van der Waals surface area contributed by atoms with Gasteiger partial charge in [0.25, 0.3) is 5.91 Å². The number of primary amides is 1. The zero-order valence-corrected chi connectivity index (χ0v) is 18.9. The second-order valence-corrected chi connectivity index (χ2v) is 7.40. The van der Waals surface area contributed by atoms with Gasteiger partial charge in [-0.1, -0.05) is 31.2 Å². The van der Waals surface area contributed by atoms with E-state index in [0.717, 1.165) is 29.8 Å². The molecular formula is C24H34N4O3. The number of hydrogen-bond donors (Lipinski definition) is 3. The Morgan fingerprint density at radius 2 is 1.97 bits per heavy atom. The predicted molar refractivity (Wildman–Crippen MR) is 124 cm³/mol. The predicted octanol–water partition coefficient (Wildman–Crippen LogP) is 3.29. The van der Waals surface area contributed by atoms with Crippen molar-refractivity contribution in [3.63, 3.8) is 0 Å². The molecule has 0 saturated carbocycles. The number of hydrogen-bond acceptors (Lipinski definition) is 4. The lowest BCUT2D eigenvalue weighted by atomic mass is 10.1. The van der Waals surface area contributed by atoms with Gasteiger partial charge in [0.15, 0.2) is 12.6 Å². The maximum absolute atomic E-state index is 10.9. The van der Waals surface area contributed by atoms with Crippen molar-refractivity contribution in [2.45, 2.75) is 53.3 Å². The van der Waals surface area contributed by atoms with Crippen LogP contribution in [0, 0.1) is 6.92 Å². The first-order chi connectivity index (χ1) is 14.9. The van der Waals surface area contributed by atoms with Gasteiger partial charge < -0.3 is 25.8 Å². The Kier molecular flexibility index (Phi) is 9.68. The van der Waals surface area contributed by atoms with Gasteiger partial charge in [-0.25, -0.2) is 4.99 Å². The van der Waals surface area contributed by atoms with Crippen LogP contribution in [-0.2, 0) is 17.9 Å². The molecule has 0 bridgehead atoms. The summed E-state index contributed by atoms with van der Waals surface area (Å²) >= 11 is 0. The number of aliphatic imine (C=N–C) groups is 1. The molecule has 0 aliphatic rings. The molecule has 31 heavy (non-hydrogen) atoms. The molecule has 1 atom stereocenters. The van der Waals surface area contributed by atoms with Crippen LogP contribution in [-0.4, -0.2) is 31.1 Å². The number of nitrogens with one attached hydrogen (secondary N) is 2. The van der Waals surface area contributed by atoms with Gasteiger partial charge in [0.05, 0.1) is 12.6 Å². The van der Waals surface area contributed by atoms with E-state index in [2.05, 4.69) is 54.6 Å². The molecular weight excluding hydrogens is 392 g/mol. The molecule has 2 aromatic carbocycles. The second-order valence-electron chi connectivity index (χ2n) is 7.40. The van der Waals surface area contributed by atoms with Crippen LogP contribution < -0.4 is 25.8 Å². The summed E-state index contributed by atoms with van der Waals surface area (Å²) in [5, 5.41) is 6.65. The van der Waals surface area contributed by atoms with Crippen LogP contribution in [0.1, 0.15) is 43.9 Å². The van der Waals surface area contributed by atoms with Gasteiger partial charge in [-0.2, -0.15) is 0 Å². The van der Waals surface area contributed by atoms with Crippen molar-refractivity contribution in [3.8, 4) is 11.5 Å². The molecule has 1 unspecified atom stereocenters. The van der Waals surface area contributed by atoms with Gasteiger partial charge in [-0.3, -0.25) is 4.79 Å². The van der Waals surface area contributed by atoms with Crippen molar-refractivity contribution in [1.29, 1.82) is 0 Å². The Morgan fingerprint density at radius 3 is 2.68 bits per heavy atom. The van der Waals surface area contributed by atoms with E-state index in [1.807, 2.05) is 25.1 Å². The number of carbonyl (C=O) groups excluding carboxylic acids is 1. The van der Waals surface area contributed by atoms with E-state index < -0.39 is 5.91 Å². The minimum absolute atomic E-state index is 0.144. The highest BCUT2D eigenvalue weighted by molar-refractivity contribution is 5.79. The molecule has 7 heteroatoms. The van der Waals surface area contributed by atoms with Crippen LogP contribution in [0.4, 0.5) is 0 Å². The molecule has 0 fully saturated rings. The number of aryl methyl sites for hydroxylation is 1. The highest BCUT2D eigenvalue weighted by Gasteiger charge is 2.09. The third-order valence-corrected chi connectivity index (χ3v) is 4.62. The number of amides is 1. The van der Waals surface area contributed by atoms with E-state index in [4.69, 9.17) is 15.2 Å². The van der Waals surface area contributed by atoms with Crippen molar-refractivity contribution in [1.82, 2.24) is 10.6 Å². The van der Waals surface area contributed by atoms with Crippen molar-refractivity contribution in [3.05, 3.63) is 59.2 Å². The zero-order chi connectivity index (χ0) is 22.6. The number of benzene rings is 2. The van der Waals surface area contributed by atoms with Crippen LogP contribution in [0.25, 0.3) is 0 Å². The Morgan fingerprint density at radius 1 is 1.16 bits per heavy atom.